The fourth-order valence-corrected chi connectivity index (χ4v) is 4.22. The molecule has 1 heterocycles. The number of hydrogen-bond acceptors (Lipinski definition) is 10. The lowest BCUT2D eigenvalue weighted by Crippen LogP contribution is -2.42. The Balaban J connectivity index is 1.81. The van der Waals surface area contributed by atoms with Crippen LogP contribution in [0, 0.1) is 0 Å². The first-order valence-corrected chi connectivity index (χ1v) is 12.3. The van der Waals surface area contributed by atoms with Gasteiger partial charge < -0.3 is 18.9 Å². The Hall–Kier alpha value is -2.35. The molecule has 2 rings (SSSR count). The van der Waals surface area contributed by atoms with Gasteiger partial charge in [0.1, 0.15) is 5.60 Å². The second-order valence-electron chi connectivity index (χ2n) is 8.33. The molecule has 0 radical (unpaired) electrons. The first-order valence-electron chi connectivity index (χ1n) is 10.9. The lowest BCUT2D eigenvalue weighted by Gasteiger charge is -2.36. The molecule has 1 saturated heterocycles. The van der Waals surface area contributed by atoms with Crippen LogP contribution < -0.4 is 0 Å². The van der Waals surface area contributed by atoms with Gasteiger partial charge in [-0.2, -0.15) is 17.2 Å². The van der Waals surface area contributed by atoms with Crippen molar-refractivity contribution in [3.63, 3.8) is 0 Å². The molecule has 2 fully saturated rings. The van der Waals surface area contributed by atoms with Crippen LogP contribution in [0.1, 0.15) is 71.6 Å². The van der Waals surface area contributed by atoms with Crippen LogP contribution in [0.5, 0.6) is 0 Å². The zero-order chi connectivity index (χ0) is 25.7. The van der Waals surface area contributed by atoms with Gasteiger partial charge in [0.15, 0.2) is 6.10 Å². The summed E-state index contributed by atoms with van der Waals surface area (Å²) in [7, 11) is -5.82. The lowest BCUT2D eigenvalue weighted by atomic mass is 9.82. The van der Waals surface area contributed by atoms with E-state index in [9.17, 15) is 36.4 Å². The smallest absolute Gasteiger partial charge is 0.405 e. The Morgan fingerprint density at radius 2 is 1.76 bits per heavy atom. The van der Waals surface area contributed by atoms with Crippen molar-refractivity contribution in [3.8, 4) is 0 Å². The highest BCUT2D eigenvalue weighted by molar-refractivity contribution is 7.86. The lowest BCUT2D eigenvalue weighted by molar-refractivity contribution is -0.178. The van der Waals surface area contributed by atoms with Gasteiger partial charge in [0.25, 0.3) is 0 Å². The zero-order valence-electron chi connectivity index (χ0n) is 18.8. The maximum Gasteiger partial charge on any atom is 0.405 e. The van der Waals surface area contributed by atoms with Crippen molar-refractivity contribution in [2.45, 2.75) is 101 Å². The molecule has 1 aliphatic heterocycles. The van der Waals surface area contributed by atoms with E-state index >= 15 is 0 Å². The third kappa shape index (κ3) is 6.84. The van der Waals surface area contributed by atoms with Crippen molar-refractivity contribution in [3.05, 3.63) is 0 Å². The molecule has 194 valence electrons. The number of alkyl halides is 2. The van der Waals surface area contributed by atoms with Crippen molar-refractivity contribution in [2.24, 2.45) is 0 Å². The quantitative estimate of drug-likeness (QED) is 0.258. The minimum atomic E-state index is -5.82. The molecule has 1 aliphatic carbocycles. The van der Waals surface area contributed by atoms with E-state index in [1.54, 1.807) is 0 Å². The molecule has 0 aromatic heterocycles. The van der Waals surface area contributed by atoms with E-state index in [0.717, 1.165) is 19.3 Å². The fourth-order valence-electron chi connectivity index (χ4n) is 3.75. The number of halogens is 2. The molecule has 2 aliphatic rings. The summed E-state index contributed by atoms with van der Waals surface area (Å²) in [5.41, 5.74) is -0.611. The first kappa shape index (κ1) is 27.9. The molecular weight excluding hydrogens is 486 g/mol. The van der Waals surface area contributed by atoms with Crippen LogP contribution in [0.2, 0.25) is 0 Å². The van der Waals surface area contributed by atoms with Crippen molar-refractivity contribution in [1.29, 1.82) is 0 Å². The molecule has 0 aromatic rings. The van der Waals surface area contributed by atoms with E-state index in [2.05, 4.69) is 4.74 Å². The minimum Gasteiger partial charge on any atom is -0.456 e. The monoisotopic (exact) mass is 514 g/mol. The van der Waals surface area contributed by atoms with Gasteiger partial charge >= 0.3 is 39.2 Å². The van der Waals surface area contributed by atoms with E-state index in [1.165, 1.54) is 0 Å². The van der Waals surface area contributed by atoms with Crippen molar-refractivity contribution in [2.75, 3.05) is 0 Å². The van der Waals surface area contributed by atoms with Crippen LogP contribution >= 0.6 is 0 Å². The Morgan fingerprint density at radius 3 is 2.32 bits per heavy atom. The molecule has 11 nitrogen and oxygen atoms in total. The predicted octanol–water partition coefficient (Wildman–Crippen LogP) is 2.06. The van der Waals surface area contributed by atoms with Gasteiger partial charge in [0.2, 0.25) is 12.2 Å². The summed E-state index contributed by atoms with van der Waals surface area (Å²) in [6.45, 7) is 2.45. The largest absolute Gasteiger partial charge is 0.456 e. The summed E-state index contributed by atoms with van der Waals surface area (Å²) in [4.78, 5) is 48.1. The average Bonchev–Trinajstić information content (AvgIpc) is 3.12. The molecule has 14 heteroatoms. The molecule has 0 spiro atoms. The summed E-state index contributed by atoms with van der Waals surface area (Å²) >= 11 is 0. The summed E-state index contributed by atoms with van der Waals surface area (Å²) in [6.07, 6.45) is -1.98. The van der Waals surface area contributed by atoms with Crippen LogP contribution in [-0.4, -0.2) is 66.0 Å². The Morgan fingerprint density at radius 1 is 1.18 bits per heavy atom. The first-order chi connectivity index (χ1) is 15.7. The SMILES string of the molecule is CCC1(OC(=O)C2CC(OC(=O)CCC(=O)OC(C)C(F)(F)S(=O)(=O)O)C(=O)O2)CCCCC1. The van der Waals surface area contributed by atoms with Gasteiger partial charge in [0.05, 0.1) is 12.8 Å². The predicted molar refractivity (Wildman–Crippen MR) is 108 cm³/mol. The van der Waals surface area contributed by atoms with E-state index in [0.29, 0.717) is 26.2 Å². The molecule has 3 atom stereocenters. The van der Waals surface area contributed by atoms with Crippen LogP contribution in [0.15, 0.2) is 0 Å². The van der Waals surface area contributed by atoms with E-state index in [-0.39, 0.29) is 6.42 Å². The molecule has 34 heavy (non-hydrogen) atoms. The molecule has 0 bridgehead atoms. The number of rotatable bonds is 10. The minimum absolute atomic E-state index is 0.273. The normalized spacial score (nSPS) is 23.5. The molecule has 0 aromatic carbocycles. The number of cyclic esters (lactones) is 1. The Bertz CT molecular complexity index is 896. The highest BCUT2D eigenvalue weighted by Gasteiger charge is 2.52. The highest BCUT2D eigenvalue weighted by Crippen LogP contribution is 2.35. The van der Waals surface area contributed by atoms with Crippen LogP contribution in [0.3, 0.4) is 0 Å². The highest BCUT2D eigenvalue weighted by atomic mass is 32.2. The number of esters is 4. The fraction of sp³-hybridized carbons (Fsp3) is 0.800. The third-order valence-electron chi connectivity index (χ3n) is 5.87. The van der Waals surface area contributed by atoms with Crippen molar-refractivity contribution < 1.29 is 59.9 Å². The Labute approximate surface area is 195 Å². The molecule has 3 unspecified atom stereocenters. The number of ether oxygens (including phenoxy) is 4. The number of hydrogen-bond donors (Lipinski definition) is 1. The van der Waals surface area contributed by atoms with E-state index in [4.69, 9.17) is 18.8 Å². The molecule has 1 N–H and O–H groups in total. The number of carbonyl (C=O) groups excluding carboxylic acids is 4. The average molecular weight is 514 g/mol. The standard InChI is InChI=1S/C20H28F2O11S/c1-3-19(9-5-4-6-10-19)33-18(26)14-11-13(17(25)32-14)31-16(24)8-7-15(23)30-12(2)20(21,22)34(27,28)29/h12-14H,3-11H2,1-2H3,(H,27,28,29). The van der Waals surface area contributed by atoms with Gasteiger partial charge in [-0.3, -0.25) is 14.1 Å². The maximum absolute atomic E-state index is 13.4. The Kier molecular flexibility index (Phi) is 8.97. The number of carbonyl (C=O) groups is 4. The van der Waals surface area contributed by atoms with Gasteiger partial charge in [-0.25, -0.2) is 9.59 Å². The summed E-state index contributed by atoms with van der Waals surface area (Å²) in [5.74, 6) is -4.12. The summed E-state index contributed by atoms with van der Waals surface area (Å²) in [6, 6.07) is 0. The van der Waals surface area contributed by atoms with Crippen LogP contribution in [0.4, 0.5) is 8.78 Å². The maximum atomic E-state index is 13.4. The van der Waals surface area contributed by atoms with E-state index in [1.807, 2.05) is 6.92 Å². The summed E-state index contributed by atoms with van der Waals surface area (Å²) < 4.78 is 76.3. The third-order valence-corrected chi connectivity index (χ3v) is 6.89. The zero-order valence-corrected chi connectivity index (χ0v) is 19.6. The molecule has 0 amide bonds. The van der Waals surface area contributed by atoms with Gasteiger partial charge in [-0.15, -0.1) is 0 Å². The van der Waals surface area contributed by atoms with Crippen LogP contribution in [0.25, 0.3) is 0 Å². The van der Waals surface area contributed by atoms with Crippen molar-refractivity contribution >= 4 is 34.0 Å². The molecular formula is C20H28F2O11S. The van der Waals surface area contributed by atoms with Crippen LogP contribution in [-0.2, 0) is 48.2 Å². The topological polar surface area (TPSA) is 160 Å². The second kappa shape index (κ2) is 10.9. The van der Waals surface area contributed by atoms with E-state index < -0.39 is 76.0 Å². The summed E-state index contributed by atoms with van der Waals surface area (Å²) in [5, 5.41) is -4.74. The molecule has 1 saturated carbocycles. The van der Waals surface area contributed by atoms with Crippen molar-refractivity contribution in [1.82, 2.24) is 0 Å². The second-order valence-corrected chi connectivity index (χ2v) is 9.82. The van der Waals surface area contributed by atoms with Gasteiger partial charge in [0, 0.05) is 6.42 Å². The van der Waals surface area contributed by atoms with Gasteiger partial charge in [-0.05, 0) is 39.0 Å². The van der Waals surface area contributed by atoms with Gasteiger partial charge in [-0.1, -0.05) is 13.3 Å².